The molecule has 0 spiro atoms. The average molecular weight is 331 g/mol. The molecule has 2 fully saturated rings. The molecule has 1 aliphatic heterocycles. The Morgan fingerprint density at radius 1 is 1.39 bits per heavy atom. The lowest BCUT2D eigenvalue weighted by atomic mass is 9.79. The Hall–Kier alpha value is -1.63. The highest BCUT2D eigenvalue weighted by Gasteiger charge is 2.37. The number of hydrogen-bond acceptors (Lipinski definition) is 5. The second-order valence-electron chi connectivity index (χ2n) is 6.44. The van der Waals surface area contributed by atoms with E-state index in [9.17, 15) is 4.79 Å². The van der Waals surface area contributed by atoms with Crippen LogP contribution in [-0.2, 0) is 11.2 Å². The number of amides is 1. The number of carbonyl (C=O) groups is 1. The van der Waals surface area contributed by atoms with E-state index >= 15 is 0 Å². The zero-order valence-electron chi connectivity index (χ0n) is 13.2. The van der Waals surface area contributed by atoms with Crippen molar-refractivity contribution in [3.8, 4) is 0 Å². The third kappa shape index (κ3) is 2.82. The summed E-state index contributed by atoms with van der Waals surface area (Å²) in [5.41, 5.74) is 1.78. The van der Waals surface area contributed by atoms with Gasteiger partial charge in [0.1, 0.15) is 6.33 Å². The Morgan fingerprint density at radius 3 is 3.13 bits per heavy atom. The predicted molar refractivity (Wildman–Crippen MR) is 88.3 cm³/mol. The molecular weight excluding hydrogens is 310 g/mol. The molecule has 1 saturated carbocycles. The Labute approximate surface area is 139 Å². The quantitative estimate of drug-likeness (QED) is 0.873. The second-order valence-corrected chi connectivity index (χ2v) is 7.61. The largest absolute Gasteiger partial charge is 0.352 e. The van der Waals surface area contributed by atoms with E-state index in [0.717, 1.165) is 35.8 Å². The first-order chi connectivity index (χ1) is 11.2. The van der Waals surface area contributed by atoms with Gasteiger partial charge < -0.3 is 5.32 Å². The molecule has 2 aromatic rings. The predicted octanol–water partition coefficient (Wildman–Crippen LogP) is 2.23. The summed E-state index contributed by atoms with van der Waals surface area (Å²) < 4.78 is 1.88. The molecule has 0 radical (unpaired) electrons. The lowest BCUT2D eigenvalue weighted by molar-refractivity contribution is -0.124. The Bertz CT molecular complexity index is 730. The number of fused-ring (bicyclic) bond motifs is 2. The first kappa shape index (κ1) is 14.9. The fourth-order valence-electron chi connectivity index (χ4n) is 3.68. The maximum absolute atomic E-state index is 12.5. The maximum atomic E-state index is 12.5. The van der Waals surface area contributed by atoms with Crippen molar-refractivity contribution in [1.29, 1.82) is 0 Å². The second kappa shape index (κ2) is 6.11. The van der Waals surface area contributed by atoms with Crippen LogP contribution in [0, 0.1) is 5.92 Å². The van der Waals surface area contributed by atoms with Crippen molar-refractivity contribution in [2.75, 3.05) is 0 Å². The van der Waals surface area contributed by atoms with Crippen molar-refractivity contribution < 1.29 is 4.79 Å². The first-order valence-electron chi connectivity index (χ1n) is 8.41. The van der Waals surface area contributed by atoms with Gasteiger partial charge in [0.05, 0.1) is 5.25 Å². The fourth-order valence-corrected chi connectivity index (χ4v) is 4.88. The van der Waals surface area contributed by atoms with Crippen LogP contribution in [0.15, 0.2) is 17.6 Å². The normalized spacial score (nSPS) is 27.7. The Balaban J connectivity index is 1.60. The zero-order valence-corrected chi connectivity index (χ0v) is 14.1. The molecule has 6 nitrogen and oxygen atoms in total. The van der Waals surface area contributed by atoms with Crippen LogP contribution in [0.1, 0.15) is 44.7 Å². The molecule has 2 aromatic heterocycles. The van der Waals surface area contributed by atoms with Crippen LogP contribution in [0.2, 0.25) is 0 Å². The average Bonchev–Trinajstić information content (AvgIpc) is 3.04. The number of nitrogens with zero attached hydrogens (tertiary/aromatic N) is 4. The van der Waals surface area contributed by atoms with Crippen LogP contribution >= 0.6 is 11.8 Å². The SMILES string of the molecule is CCc1cc2nncn2c(SC2CC3CCCCC3NC2=O)n1. The van der Waals surface area contributed by atoms with Gasteiger partial charge in [0.25, 0.3) is 0 Å². The lowest BCUT2D eigenvalue weighted by Crippen LogP contribution is -2.51. The molecule has 2 aliphatic rings. The van der Waals surface area contributed by atoms with Crippen molar-refractivity contribution in [3.05, 3.63) is 18.1 Å². The van der Waals surface area contributed by atoms with Gasteiger partial charge in [-0.2, -0.15) is 0 Å². The van der Waals surface area contributed by atoms with Crippen molar-refractivity contribution in [1.82, 2.24) is 24.9 Å². The van der Waals surface area contributed by atoms with E-state index in [1.807, 2.05) is 10.5 Å². The van der Waals surface area contributed by atoms with Crippen molar-refractivity contribution in [2.45, 2.75) is 61.9 Å². The number of nitrogens with one attached hydrogen (secondary N) is 1. The first-order valence-corrected chi connectivity index (χ1v) is 9.29. The van der Waals surface area contributed by atoms with Crippen LogP contribution in [0.5, 0.6) is 0 Å². The van der Waals surface area contributed by atoms with Crippen LogP contribution in [0.25, 0.3) is 5.65 Å². The maximum Gasteiger partial charge on any atom is 0.233 e. The number of hydrogen-bond donors (Lipinski definition) is 1. The summed E-state index contributed by atoms with van der Waals surface area (Å²) in [6.07, 6.45) is 8.35. The molecule has 4 rings (SSSR count). The van der Waals surface area contributed by atoms with E-state index in [-0.39, 0.29) is 11.2 Å². The van der Waals surface area contributed by atoms with Gasteiger partial charge in [-0.15, -0.1) is 10.2 Å². The van der Waals surface area contributed by atoms with Crippen molar-refractivity contribution in [3.63, 3.8) is 0 Å². The molecule has 1 saturated heterocycles. The summed E-state index contributed by atoms with van der Waals surface area (Å²) in [4.78, 5) is 17.2. The van der Waals surface area contributed by atoms with E-state index < -0.39 is 0 Å². The minimum Gasteiger partial charge on any atom is -0.352 e. The summed E-state index contributed by atoms with van der Waals surface area (Å²) in [5.74, 6) is 0.771. The summed E-state index contributed by atoms with van der Waals surface area (Å²) in [5, 5.41) is 12.1. The molecule has 7 heteroatoms. The van der Waals surface area contributed by atoms with Gasteiger partial charge in [-0.3, -0.25) is 9.20 Å². The number of rotatable bonds is 3. The van der Waals surface area contributed by atoms with Gasteiger partial charge in [-0.1, -0.05) is 31.5 Å². The Kier molecular flexibility index (Phi) is 3.97. The summed E-state index contributed by atoms with van der Waals surface area (Å²) >= 11 is 1.55. The summed E-state index contributed by atoms with van der Waals surface area (Å²) in [7, 11) is 0. The molecule has 23 heavy (non-hydrogen) atoms. The van der Waals surface area contributed by atoms with Crippen molar-refractivity contribution in [2.24, 2.45) is 5.92 Å². The standard InChI is InChI=1S/C16H21N5OS/c1-2-11-8-14-20-17-9-21(14)16(18-11)23-13-7-10-5-3-4-6-12(10)19-15(13)22/h8-10,12-13H,2-7H2,1H3,(H,19,22). The van der Waals surface area contributed by atoms with Crippen LogP contribution in [0.4, 0.5) is 0 Å². The number of carbonyl (C=O) groups excluding carboxylic acids is 1. The molecule has 3 unspecified atom stereocenters. The molecule has 1 amide bonds. The molecular formula is C16H21N5OS. The van der Waals surface area contributed by atoms with Crippen LogP contribution in [0.3, 0.4) is 0 Å². The fraction of sp³-hybridized carbons (Fsp3) is 0.625. The third-order valence-electron chi connectivity index (χ3n) is 4.97. The highest BCUT2D eigenvalue weighted by atomic mass is 32.2. The molecule has 1 aliphatic carbocycles. The molecule has 1 N–H and O–H groups in total. The summed E-state index contributed by atoms with van der Waals surface area (Å²) in [6.45, 7) is 2.07. The molecule has 3 heterocycles. The molecule has 0 bridgehead atoms. The number of piperidine rings is 1. The number of thioether (sulfide) groups is 1. The smallest absolute Gasteiger partial charge is 0.233 e. The molecule has 3 atom stereocenters. The minimum atomic E-state index is -0.0699. The third-order valence-corrected chi connectivity index (χ3v) is 6.16. The topological polar surface area (TPSA) is 72.2 Å². The van der Waals surface area contributed by atoms with Gasteiger partial charge in [0.15, 0.2) is 10.8 Å². The van der Waals surface area contributed by atoms with Gasteiger partial charge in [0.2, 0.25) is 5.91 Å². The van der Waals surface area contributed by atoms with Gasteiger partial charge in [0, 0.05) is 17.8 Å². The van der Waals surface area contributed by atoms with Gasteiger partial charge in [-0.05, 0) is 31.6 Å². The monoisotopic (exact) mass is 331 g/mol. The van der Waals surface area contributed by atoms with E-state index in [0.29, 0.717) is 12.0 Å². The zero-order chi connectivity index (χ0) is 15.8. The van der Waals surface area contributed by atoms with Gasteiger partial charge >= 0.3 is 0 Å². The number of aryl methyl sites for hydroxylation is 1. The Morgan fingerprint density at radius 2 is 2.26 bits per heavy atom. The van der Waals surface area contributed by atoms with E-state index in [2.05, 4.69) is 22.4 Å². The van der Waals surface area contributed by atoms with E-state index in [1.165, 1.54) is 19.3 Å². The lowest BCUT2D eigenvalue weighted by Gasteiger charge is -2.39. The highest BCUT2D eigenvalue weighted by molar-refractivity contribution is 8.00. The molecule has 0 aromatic carbocycles. The van der Waals surface area contributed by atoms with Crippen LogP contribution in [-0.4, -0.2) is 36.8 Å². The van der Waals surface area contributed by atoms with E-state index in [1.54, 1.807) is 18.1 Å². The number of aromatic nitrogens is 4. The molecule has 122 valence electrons. The van der Waals surface area contributed by atoms with E-state index in [4.69, 9.17) is 4.98 Å². The summed E-state index contributed by atoms with van der Waals surface area (Å²) in [6, 6.07) is 2.34. The highest BCUT2D eigenvalue weighted by Crippen LogP contribution is 2.37. The minimum absolute atomic E-state index is 0.0699. The van der Waals surface area contributed by atoms with Crippen molar-refractivity contribution >= 4 is 23.3 Å². The van der Waals surface area contributed by atoms with Gasteiger partial charge in [-0.25, -0.2) is 4.98 Å². The van der Waals surface area contributed by atoms with Crippen LogP contribution < -0.4 is 5.32 Å².